The molecule has 10 nitrogen and oxygen atoms in total. The second-order valence-corrected chi connectivity index (χ2v) is 5.02. The Morgan fingerprint density at radius 1 is 1.21 bits per heavy atom. The summed E-state index contributed by atoms with van der Waals surface area (Å²) >= 11 is 0. The van der Waals surface area contributed by atoms with Gasteiger partial charge in [-0.05, 0) is 19.1 Å². The summed E-state index contributed by atoms with van der Waals surface area (Å²) in [4.78, 5) is 33.9. The Balaban J connectivity index is 2.37. The zero-order chi connectivity index (χ0) is 18.0. The molecule has 1 aromatic heterocycles. The van der Waals surface area contributed by atoms with Crippen molar-refractivity contribution in [2.24, 2.45) is 19.2 Å². The van der Waals surface area contributed by atoms with E-state index in [1.807, 2.05) is 0 Å². The SMILES string of the molecule is C/C(=N\Nc1ccc([N+](=O)[O-])cc1)c1c(O)n(C)c(=O)n(C)c1=O. The Kier molecular flexibility index (Phi) is 4.49. The fourth-order valence-electron chi connectivity index (χ4n) is 2.01. The Morgan fingerprint density at radius 2 is 1.79 bits per heavy atom. The van der Waals surface area contributed by atoms with Gasteiger partial charge >= 0.3 is 5.69 Å². The van der Waals surface area contributed by atoms with Gasteiger partial charge in [-0.15, -0.1) is 0 Å². The lowest BCUT2D eigenvalue weighted by Gasteiger charge is -2.10. The molecule has 24 heavy (non-hydrogen) atoms. The molecule has 2 N–H and O–H groups in total. The second kappa shape index (κ2) is 6.36. The van der Waals surface area contributed by atoms with Crippen LogP contribution in [-0.2, 0) is 14.1 Å². The normalized spacial score (nSPS) is 11.4. The van der Waals surface area contributed by atoms with E-state index in [1.165, 1.54) is 45.3 Å². The van der Waals surface area contributed by atoms with E-state index in [1.54, 1.807) is 0 Å². The van der Waals surface area contributed by atoms with Gasteiger partial charge in [0.1, 0.15) is 5.56 Å². The monoisotopic (exact) mass is 333 g/mol. The number of hydrogen-bond donors (Lipinski definition) is 2. The molecular formula is C14H15N5O5. The molecule has 0 amide bonds. The summed E-state index contributed by atoms with van der Waals surface area (Å²) in [7, 11) is 2.63. The van der Waals surface area contributed by atoms with Crippen molar-refractivity contribution in [1.82, 2.24) is 9.13 Å². The summed E-state index contributed by atoms with van der Waals surface area (Å²) in [5, 5.41) is 24.6. The van der Waals surface area contributed by atoms with E-state index in [4.69, 9.17) is 0 Å². The molecule has 0 unspecified atom stereocenters. The summed E-state index contributed by atoms with van der Waals surface area (Å²) in [6.45, 7) is 1.49. The van der Waals surface area contributed by atoms with Gasteiger partial charge in [0.05, 0.1) is 16.3 Å². The van der Waals surface area contributed by atoms with Gasteiger partial charge in [-0.2, -0.15) is 5.10 Å². The number of aromatic nitrogens is 2. The zero-order valence-corrected chi connectivity index (χ0v) is 13.2. The van der Waals surface area contributed by atoms with Crippen LogP contribution in [0.5, 0.6) is 5.88 Å². The molecule has 0 aliphatic carbocycles. The molecule has 0 aliphatic rings. The highest BCUT2D eigenvalue weighted by molar-refractivity contribution is 6.00. The van der Waals surface area contributed by atoms with Crippen LogP contribution in [0.4, 0.5) is 11.4 Å². The van der Waals surface area contributed by atoms with Crippen molar-refractivity contribution in [2.45, 2.75) is 6.92 Å². The molecule has 2 rings (SSSR count). The van der Waals surface area contributed by atoms with Crippen LogP contribution in [-0.4, -0.2) is 24.9 Å². The molecular weight excluding hydrogens is 318 g/mol. The van der Waals surface area contributed by atoms with Crippen molar-refractivity contribution < 1.29 is 10.0 Å². The van der Waals surface area contributed by atoms with Gasteiger partial charge in [0.2, 0.25) is 5.88 Å². The number of anilines is 1. The molecule has 1 heterocycles. The molecule has 126 valence electrons. The average Bonchev–Trinajstić information content (AvgIpc) is 2.57. The molecule has 10 heteroatoms. The first-order valence-corrected chi connectivity index (χ1v) is 6.78. The number of nitrogens with one attached hydrogen (secondary N) is 1. The maximum Gasteiger partial charge on any atom is 0.333 e. The fourth-order valence-corrected chi connectivity index (χ4v) is 2.01. The zero-order valence-electron chi connectivity index (χ0n) is 13.2. The number of hydrazone groups is 1. The van der Waals surface area contributed by atoms with Crippen LogP contribution in [0.3, 0.4) is 0 Å². The smallest absolute Gasteiger partial charge is 0.333 e. The third-order valence-electron chi connectivity index (χ3n) is 3.43. The van der Waals surface area contributed by atoms with Crippen molar-refractivity contribution in [3.8, 4) is 5.88 Å². The Morgan fingerprint density at radius 3 is 2.33 bits per heavy atom. The highest BCUT2D eigenvalue weighted by Gasteiger charge is 2.17. The third-order valence-corrected chi connectivity index (χ3v) is 3.43. The quantitative estimate of drug-likeness (QED) is 0.476. The van der Waals surface area contributed by atoms with E-state index in [-0.39, 0.29) is 17.0 Å². The molecule has 0 spiro atoms. The van der Waals surface area contributed by atoms with Crippen LogP contribution in [0.15, 0.2) is 39.0 Å². The van der Waals surface area contributed by atoms with Crippen molar-refractivity contribution in [1.29, 1.82) is 0 Å². The van der Waals surface area contributed by atoms with E-state index >= 15 is 0 Å². The highest BCUT2D eigenvalue weighted by atomic mass is 16.6. The standard InChI is InChI=1S/C14H15N5O5/c1-8(11-12(20)17(2)14(22)18(3)13(11)21)15-16-9-4-6-10(7-5-9)19(23)24/h4-7,16,20H,1-3H3/b15-8+. The maximum atomic E-state index is 12.1. The van der Waals surface area contributed by atoms with Crippen LogP contribution < -0.4 is 16.7 Å². The largest absolute Gasteiger partial charge is 0.494 e. The van der Waals surface area contributed by atoms with E-state index in [9.17, 15) is 24.8 Å². The number of aromatic hydroxyl groups is 1. The first kappa shape index (κ1) is 16.9. The van der Waals surface area contributed by atoms with E-state index in [0.29, 0.717) is 5.69 Å². The van der Waals surface area contributed by atoms with Crippen LogP contribution in [0.2, 0.25) is 0 Å². The van der Waals surface area contributed by atoms with Gasteiger partial charge in [0.25, 0.3) is 11.2 Å². The molecule has 0 saturated heterocycles. The number of hydrogen-bond acceptors (Lipinski definition) is 7. The molecule has 0 aliphatic heterocycles. The molecule has 1 aromatic carbocycles. The van der Waals surface area contributed by atoms with E-state index in [2.05, 4.69) is 10.5 Å². The van der Waals surface area contributed by atoms with Crippen LogP contribution in [0.25, 0.3) is 0 Å². The number of rotatable bonds is 4. The summed E-state index contributed by atoms with van der Waals surface area (Å²) in [6.07, 6.45) is 0. The first-order chi connectivity index (χ1) is 11.2. The minimum Gasteiger partial charge on any atom is -0.494 e. The summed E-state index contributed by atoms with van der Waals surface area (Å²) in [5.74, 6) is -0.491. The van der Waals surface area contributed by atoms with Gasteiger partial charge in [-0.3, -0.25) is 29.5 Å². The van der Waals surface area contributed by atoms with Crippen LogP contribution in [0.1, 0.15) is 12.5 Å². The number of nitro benzene ring substituents is 1. The Bertz CT molecular complexity index is 940. The van der Waals surface area contributed by atoms with Crippen LogP contribution >= 0.6 is 0 Å². The Hall–Kier alpha value is -3.43. The van der Waals surface area contributed by atoms with Crippen molar-refractivity contribution in [2.75, 3.05) is 5.43 Å². The number of benzene rings is 1. The number of nitro groups is 1. The molecule has 2 aromatic rings. The Labute approximate surface area is 135 Å². The van der Waals surface area contributed by atoms with Crippen molar-refractivity contribution in [3.05, 3.63) is 60.8 Å². The molecule has 0 atom stereocenters. The number of non-ortho nitro benzene ring substituents is 1. The van der Waals surface area contributed by atoms with Gasteiger partial charge in [-0.25, -0.2) is 4.79 Å². The van der Waals surface area contributed by atoms with Crippen LogP contribution in [0, 0.1) is 10.1 Å². The van der Waals surface area contributed by atoms with Crippen molar-refractivity contribution in [3.63, 3.8) is 0 Å². The molecule has 0 bridgehead atoms. The predicted octanol–water partition coefficient (Wildman–Crippen LogP) is 0.534. The summed E-state index contributed by atoms with van der Waals surface area (Å²) < 4.78 is 1.79. The van der Waals surface area contributed by atoms with Gasteiger partial charge in [0, 0.05) is 26.2 Å². The van der Waals surface area contributed by atoms with Gasteiger partial charge < -0.3 is 5.11 Å². The lowest BCUT2D eigenvalue weighted by molar-refractivity contribution is -0.384. The highest BCUT2D eigenvalue weighted by Crippen LogP contribution is 2.16. The van der Waals surface area contributed by atoms with E-state index < -0.39 is 22.1 Å². The topological polar surface area (TPSA) is 132 Å². The van der Waals surface area contributed by atoms with Gasteiger partial charge in [0.15, 0.2) is 0 Å². The van der Waals surface area contributed by atoms with Gasteiger partial charge in [-0.1, -0.05) is 0 Å². The predicted molar refractivity (Wildman–Crippen MR) is 87.5 cm³/mol. The lowest BCUT2D eigenvalue weighted by atomic mass is 10.2. The lowest BCUT2D eigenvalue weighted by Crippen LogP contribution is -2.39. The molecule has 0 saturated carbocycles. The average molecular weight is 333 g/mol. The fraction of sp³-hybridized carbons (Fsp3) is 0.214. The second-order valence-electron chi connectivity index (χ2n) is 5.02. The maximum absolute atomic E-state index is 12.1. The minimum absolute atomic E-state index is 0.0641. The third kappa shape index (κ3) is 3.02. The first-order valence-electron chi connectivity index (χ1n) is 6.78. The summed E-state index contributed by atoms with van der Waals surface area (Å²) in [6, 6.07) is 5.51. The van der Waals surface area contributed by atoms with E-state index in [0.717, 1.165) is 9.13 Å². The molecule has 0 radical (unpaired) electrons. The molecule has 0 fully saturated rings. The number of nitrogens with zero attached hydrogens (tertiary/aromatic N) is 4. The summed E-state index contributed by atoms with van der Waals surface area (Å²) in [5.41, 5.74) is 1.74. The van der Waals surface area contributed by atoms with Crippen molar-refractivity contribution >= 4 is 17.1 Å². The minimum atomic E-state index is -0.678.